The summed E-state index contributed by atoms with van der Waals surface area (Å²) in [5.41, 5.74) is 1.08. The van der Waals surface area contributed by atoms with E-state index in [2.05, 4.69) is 34.8 Å². The van der Waals surface area contributed by atoms with Crippen LogP contribution in [0.3, 0.4) is 0 Å². The summed E-state index contributed by atoms with van der Waals surface area (Å²) in [4.78, 5) is 0. The summed E-state index contributed by atoms with van der Waals surface area (Å²) < 4.78 is 14.0. The molecule has 0 radical (unpaired) electrons. The van der Waals surface area contributed by atoms with Crippen molar-refractivity contribution in [3.63, 3.8) is 0 Å². The van der Waals surface area contributed by atoms with Gasteiger partial charge in [0.15, 0.2) is 0 Å². The van der Waals surface area contributed by atoms with Gasteiger partial charge in [0.05, 0.1) is 0 Å². The molecule has 0 amide bonds. The monoisotopic (exact) mass is 347 g/mol. The van der Waals surface area contributed by atoms with Gasteiger partial charge < -0.3 is 5.32 Å². The van der Waals surface area contributed by atoms with Crippen molar-refractivity contribution < 1.29 is 4.39 Å². The molecule has 2 unspecified atom stereocenters. The molecule has 1 aromatic rings. The molecule has 1 aliphatic carbocycles. The SMILES string of the molecule is CC1CCCC(Nc2ccc(F)cc2I)CC1. The Balaban J connectivity index is 2.00. The number of anilines is 1. The van der Waals surface area contributed by atoms with E-state index in [1.54, 1.807) is 6.07 Å². The van der Waals surface area contributed by atoms with Gasteiger partial charge in [-0.1, -0.05) is 19.8 Å². The van der Waals surface area contributed by atoms with E-state index in [9.17, 15) is 4.39 Å². The van der Waals surface area contributed by atoms with Crippen LogP contribution in [0.2, 0.25) is 0 Å². The fraction of sp³-hybridized carbons (Fsp3) is 0.571. The summed E-state index contributed by atoms with van der Waals surface area (Å²) in [5, 5.41) is 3.56. The van der Waals surface area contributed by atoms with Crippen molar-refractivity contribution in [1.29, 1.82) is 0 Å². The number of nitrogens with one attached hydrogen (secondary N) is 1. The smallest absolute Gasteiger partial charge is 0.124 e. The summed E-state index contributed by atoms with van der Waals surface area (Å²) >= 11 is 2.19. The first-order valence-corrected chi connectivity index (χ1v) is 7.44. The Kier molecular flexibility index (Phi) is 4.65. The van der Waals surface area contributed by atoms with Crippen LogP contribution in [0.25, 0.3) is 0 Å². The van der Waals surface area contributed by atoms with Crippen molar-refractivity contribution >= 4 is 28.3 Å². The highest BCUT2D eigenvalue weighted by Crippen LogP contribution is 2.27. The molecule has 1 aromatic carbocycles. The maximum atomic E-state index is 13.0. The molecule has 17 heavy (non-hydrogen) atoms. The average molecular weight is 347 g/mol. The summed E-state index contributed by atoms with van der Waals surface area (Å²) in [6.07, 6.45) is 6.41. The minimum Gasteiger partial charge on any atom is -0.381 e. The first-order chi connectivity index (χ1) is 8.15. The first-order valence-electron chi connectivity index (χ1n) is 6.37. The van der Waals surface area contributed by atoms with E-state index in [1.165, 1.54) is 38.2 Å². The highest BCUT2D eigenvalue weighted by atomic mass is 127. The van der Waals surface area contributed by atoms with Crippen LogP contribution in [-0.4, -0.2) is 6.04 Å². The average Bonchev–Trinajstić information content (AvgIpc) is 2.48. The molecule has 1 fully saturated rings. The lowest BCUT2D eigenvalue weighted by Gasteiger charge is -2.18. The van der Waals surface area contributed by atoms with Crippen molar-refractivity contribution in [3.05, 3.63) is 27.6 Å². The molecule has 0 spiro atoms. The molecule has 0 aliphatic heterocycles. The molecule has 1 N–H and O–H groups in total. The van der Waals surface area contributed by atoms with E-state index in [4.69, 9.17) is 0 Å². The molecule has 1 nitrogen and oxygen atoms in total. The molecule has 0 aromatic heterocycles. The normalized spacial score (nSPS) is 25.4. The third-order valence-electron chi connectivity index (χ3n) is 3.55. The second-order valence-corrected chi connectivity index (χ2v) is 6.24. The van der Waals surface area contributed by atoms with Crippen LogP contribution in [0.1, 0.15) is 39.0 Å². The Morgan fingerprint density at radius 2 is 2.06 bits per heavy atom. The number of hydrogen-bond acceptors (Lipinski definition) is 1. The van der Waals surface area contributed by atoms with E-state index in [-0.39, 0.29) is 5.82 Å². The minimum absolute atomic E-state index is 0.158. The van der Waals surface area contributed by atoms with Crippen LogP contribution in [0.4, 0.5) is 10.1 Å². The molecule has 2 atom stereocenters. The van der Waals surface area contributed by atoms with E-state index in [1.807, 2.05) is 6.07 Å². The van der Waals surface area contributed by atoms with Gasteiger partial charge in [-0.25, -0.2) is 4.39 Å². The molecule has 1 aliphatic rings. The van der Waals surface area contributed by atoms with Crippen molar-refractivity contribution in [2.75, 3.05) is 5.32 Å². The Morgan fingerprint density at radius 1 is 1.24 bits per heavy atom. The predicted molar refractivity (Wildman–Crippen MR) is 78.8 cm³/mol. The Hall–Kier alpha value is -0.320. The van der Waals surface area contributed by atoms with Crippen molar-refractivity contribution in [2.45, 2.75) is 45.1 Å². The zero-order chi connectivity index (χ0) is 12.3. The lowest BCUT2D eigenvalue weighted by Crippen LogP contribution is -2.19. The standard InChI is InChI=1S/C14H19FIN/c1-10-3-2-4-12(7-5-10)17-14-8-6-11(15)9-13(14)16/h6,8-10,12,17H,2-5,7H2,1H3. The fourth-order valence-electron chi connectivity index (χ4n) is 2.46. The number of benzene rings is 1. The molecule has 3 heteroatoms. The van der Waals surface area contributed by atoms with Gasteiger partial charge in [0.2, 0.25) is 0 Å². The lowest BCUT2D eigenvalue weighted by molar-refractivity contribution is 0.502. The van der Waals surface area contributed by atoms with Crippen LogP contribution in [-0.2, 0) is 0 Å². The van der Waals surface area contributed by atoms with Crippen LogP contribution >= 0.6 is 22.6 Å². The summed E-state index contributed by atoms with van der Waals surface area (Å²) in [6.45, 7) is 2.34. The van der Waals surface area contributed by atoms with E-state index in [0.29, 0.717) is 6.04 Å². The summed E-state index contributed by atoms with van der Waals surface area (Å²) in [7, 11) is 0. The Morgan fingerprint density at radius 3 is 2.82 bits per heavy atom. The summed E-state index contributed by atoms with van der Waals surface area (Å²) in [5.74, 6) is 0.698. The Labute approximate surface area is 116 Å². The molecule has 0 bridgehead atoms. The summed E-state index contributed by atoms with van der Waals surface area (Å²) in [6, 6.07) is 5.52. The Bertz CT molecular complexity index is 380. The van der Waals surface area contributed by atoms with Gasteiger partial charge in [0.1, 0.15) is 5.82 Å². The number of rotatable bonds is 2. The van der Waals surface area contributed by atoms with Gasteiger partial charge >= 0.3 is 0 Å². The van der Waals surface area contributed by atoms with Gasteiger partial charge in [-0.15, -0.1) is 0 Å². The lowest BCUT2D eigenvalue weighted by atomic mass is 10.0. The third kappa shape index (κ3) is 3.83. The van der Waals surface area contributed by atoms with Crippen molar-refractivity contribution in [2.24, 2.45) is 5.92 Å². The second kappa shape index (κ2) is 6.03. The zero-order valence-corrected chi connectivity index (χ0v) is 12.3. The van der Waals surface area contributed by atoms with Crippen LogP contribution in [0.15, 0.2) is 18.2 Å². The molecular weight excluding hydrogens is 328 g/mol. The molecule has 2 rings (SSSR count). The van der Waals surface area contributed by atoms with E-state index >= 15 is 0 Å². The molecule has 0 saturated heterocycles. The predicted octanol–water partition coefficient (Wildman–Crippen LogP) is 4.81. The van der Waals surface area contributed by atoms with E-state index in [0.717, 1.165) is 15.2 Å². The highest BCUT2D eigenvalue weighted by Gasteiger charge is 2.16. The van der Waals surface area contributed by atoms with Gasteiger partial charge in [-0.05, 0) is 66.0 Å². The topological polar surface area (TPSA) is 12.0 Å². The maximum Gasteiger partial charge on any atom is 0.124 e. The second-order valence-electron chi connectivity index (χ2n) is 5.08. The first kappa shape index (κ1) is 13.1. The van der Waals surface area contributed by atoms with Crippen LogP contribution in [0.5, 0.6) is 0 Å². The van der Waals surface area contributed by atoms with Crippen molar-refractivity contribution in [3.8, 4) is 0 Å². The third-order valence-corrected chi connectivity index (χ3v) is 4.44. The molecule has 1 saturated carbocycles. The highest BCUT2D eigenvalue weighted by molar-refractivity contribution is 14.1. The van der Waals surface area contributed by atoms with Gasteiger partial charge in [-0.3, -0.25) is 0 Å². The number of hydrogen-bond donors (Lipinski definition) is 1. The maximum absolute atomic E-state index is 13.0. The number of halogens is 2. The van der Waals surface area contributed by atoms with E-state index < -0.39 is 0 Å². The minimum atomic E-state index is -0.158. The fourth-order valence-corrected chi connectivity index (χ4v) is 3.09. The van der Waals surface area contributed by atoms with Crippen LogP contribution in [0, 0.1) is 15.3 Å². The van der Waals surface area contributed by atoms with Crippen molar-refractivity contribution in [1.82, 2.24) is 0 Å². The quantitative estimate of drug-likeness (QED) is 0.598. The van der Waals surface area contributed by atoms with Gasteiger partial charge in [-0.2, -0.15) is 0 Å². The molecule has 94 valence electrons. The van der Waals surface area contributed by atoms with Gasteiger partial charge in [0.25, 0.3) is 0 Å². The molecular formula is C14H19FIN. The van der Waals surface area contributed by atoms with Crippen LogP contribution < -0.4 is 5.32 Å². The largest absolute Gasteiger partial charge is 0.381 e. The zero-order valence-electron chi connectivity index (χ0n) is 10.2. The van der Waals surface area contributed by atoms with Gasteiger partial charge in [0, 0.05) is 15.3 Å². The molecule has 0 heterocycles.